The lowest BCUT2D eigenvalue weighted by molar-refractivity contribution is 0.292. The van der Waals surface area contributed by atoms with Crippen LogP contribution < -0.4 is 0 Å². The molecule has 0 aromatic heterocycles. The van der Waals surface area contributed by atoms with E-state index in [9.17, 15) is 8.78 Å². The van der Waals surface area contributed by atoms with Crippen LogP contribution in [0.15, 0.2) is 35.4 Å². The van der Waals surface area contributed by atoms with E-state index in [2.05, 4.69) is 4.74 Å². The highest BCUT2D eigenvalue weighted by Gasteiger charge is 2.15. The molecule has 1 atom stereocenters. The first-order valence-electron chi connectivity index (χ1n) is 3.57. The van der Waals surface area contributed by atoms with Crippen LogP contribution >= 0.6 is 0 Å². The van der Waals surface area contributed by atoms with Gasteiger partial charge in [0.15, 0.2) is 11.6 Å². The third kappa shape index (κ3) is 1.94. The Labute approximate surface area is 74.4 Å². The van der Waals surface area contributed by atoms with Crippen molar-refractivity contribution < 1.29 is 13.5 Å². The van der Waals surface area contributed by atoms with E-state index in [0.717, 1.165) is 12.2 Å². The number of allylic oxidation sites excluding steroid dienone is 5. The molecule has 68 valence electrons. The molecule has 0 heterocycles. The van der Waals surface area contributed by atoms with Crippen LogP contribution in [0.3, 0.4) is 0 Å². The zero-order valence-corrected chi connectivity index (χ0v) is 6.92. The number of rotatable bonds is 1. The molecule has 0 aliphatic heterocycles. The van der Waals surface area contributed by atoms with Crippen molar-refractivity contribution in [3.05, 3.63) is 35.4 Å². The Morgan fingerprint density at radius 3 is 2.85 bits per heavy atom. The highest BCUT2D eigenvalue weighted by atomic mass is 19.1. The van der Waals surface area contributed by atoms with Crippen LogP contribution in [0.1, 0.15) is 0 Å². The van der Waals surface area contributed by atoms with Gasteiger partial charge in [0.05, 0.1) is 12.7 Å². The molecule has 4 heteroatoms. The Kier molecular flexibility index (Phi) is 2.80. The van der Waals surface area contributed by atoms with Gasteiger partial charge in [0.2, 0.25) is 0 Å². The zero-order chi connectivity index (χ0) is 9.84. The molecule has 0 bridgehead atoms. The van der Waals surface area contributed by atoms with Crippen molar-refractivity contribution in [1.82, 2.24) is 0 Å². The summed E-state index contributed by atoms with van der Waals surface area (Å²) in [7, 11) is 1.26. The largest absolute Gasteiger partial charge is 0.494 e. The quantitative estimate of drug-likeness (QED) is 0.624. The maximum atomic E-state index is 13.2. The van der Waals surface area contributed by atoms with E-state index in [0.29, 0.717) is 0 Å². The lowest BCUT2D eigenvalue weighted by Gasteiger charge is -1.99. The van der Waals surface area contributed by atoms with Gasteiger partial charge in [0, 0.05) is 0 Å². The number of nitriles is 1. The van der Waals surface area contributed by atoms with Gasteiger partial charge in [-0.2, -0.15) is 5.26 Å². The summed E-state index contributed by atoms with van der Waals surface area (Å²) in [5.74, 6) is -0.964. The Balaban J connectivity index is 3.16. The van der Waals surface area contributed by atoms with Gasteiger partial charge in [-0.25, -0.2) is 8.78 Å². The van der Waals surface area contributed by atoms with E-state index >= 15 is 0 Å². The highest BCUT2D eigenvalue weighted by molar-refractivity contribution is 5.45. The van der Waals surface area contributed by atoms with Crippen LogP contribution in [0.25, 0.3) is 0 Å². The first-order valence-corrected chi connectivity index (χ1v) is 3.57. The summed E-state index contributed by atoms with van der Waals surface area (Å²) in [6.07, 6.45) is 1.73. The second-order valence-corrected chi connectivity index (χ2v) is 2.38. The second-order valence-electron chi connectivity index (χ2n) is 2.38. The molecule has 0 aromatic carbocycles. The monoisotopic (exact) mass is 183 g/mol. The van der Waals surface area contributed by atoms with Crippen LogP contribution in [-0.4, -0.2) is 13.3 Å². The van der Waals surface area contributed by atoms with Gasteiger partial charge < -0.3 is 4.74 Å². The van der Waals surface area contributed by atoms with Gasteiger partial charge in [-0.15, -0.1) is 0 Å². The normalized spacial score (nSPS) is 22.0. The van der Waals surface area contributed by atoms with Crippen LogP contribution in [-0.2, 0) is 4.74 Å². The molecule has 1 rings (SSSR count). The molecule has 0 saturated heterocycles. The molecule has 0 amide bonds. The van der Waals surface area contributed by atoms with Gasteiger partial charge in [0.1, 0.15) is 12.2 Å². The van der Waals surface area contributed by atoms with Crippen molar-refractivity contribution in [2.45, 2.75) is 6.17 Å². The Hall–Kier alpha value is -1.63. The molecule has 0 aromatic rings. The predicted octanol–water partition coefficient (Wildman–Crippen LogP) is 2.17. The number of hydrogen-bond donors (Lipinski definition) is 0. The number of halogens is 2. The average Bonchev–Trinajstić information content (AvgIpc) is 2.26. The molecule has 1 unspecified atom stereocenters. The fraction of sp³-hybridized carbons (Fsp3) is 0.222. The number of nitrogens with zero attached hydrogens (tertiary/aromatic N) is 1. The number of methoxy groups -OCH3 is 1. The molecule has 1 aliphatic rings. The van der Waals surface area contributed by atoms with Crippen molar-refractivity contribution in [2.24, 2.45) is 0 Å². The van der Waals surface area contributed by atoms with Crippen molar-refractivity contribution in [2.75, 3.05) is 7.11 Å². The van der Waals surface area contributed by atoms with Crippen LogP contribution in [0, 0.1) is 11.3 Å². The highest BCUT2D eigenvalue weighted by Crippen LogP contribution is 2.22. The van der Waals surface area contributed by atoms with Gasteiger partial charge in [-0.1, -0.05) is 0 Å². The lowest BCUT2D eigenvalue weighted by atomic mass is 10.2. The van der Waals surface area contributed by atoms with E-state index in [-0.39, 0.29) is 11.3 Å². The van der Waals surface area contributed by atoms with Crippen LogP contribution in [0.2, 0.25) is 0 Å². The zero-order valence-electron chi connectivity index (χ0n) is 6.92. The van der Waals surface area contributed by atoms with Crippen LogP contribution in [0.4, 0.5) is 8.78 Å². The molecule has 0 fully saturated rings. The van der Waals surface area contributed by atoms with Gasteiger partial charge in [-0.05, 0) is 18.2 Å². The summed E-state index contributed by atoms with van der Waals surface area (Å²) < 4.78 is 30.6. The Morgan fingerprint density at radius 1 is 1.62 bits per heavy atom. The smallest absolute Gasteiger partial charge is 0.182 e. The Bertz CT molecular complexity index is 336. The second kappa shape index (κ2) is 3.85. The van der Waals surface area contributed by atoms with Crippen molar-refractivity contribution in [1.29, 1.82) is 5.26 Å². The van der Waals surface area contributed by atoms with E-state index in [1.54, 1.807) is 6.07 Å². The predicted molar refractivity (Wildman–Crippen MR) is 42.9 cm³/mol. The summed E-state index contributed by atoms with van der Waals surface area (Å²) in [6, 6.07) is 1.56. The summed E-state index contributed by atoms with van der Waals surface area (Å²) >= 11 is 0. The molecule has 2 nitrogen and oxygen atoms in total. The summed E-state index contributed by atoms with van der Waals surface area (Å²) in [5.41, 5.74) is -0.339. The van der Waals surface area contributed by atoms with E-state index in [1.807, 2.05) is 0 Å². The minimum absolute atomic E-state index is 0.132. The topological polar surface area (TPSA) is 33.0 Å². The maximum absolute atomic E-state index is 13.2. The molecule has 13 heavy (non-hydrogen) atoms. The standard InChI is InChI=1S/C9H7F2NO/c1-13-8-3-2-7(10)4-6(5-12)9(8)11/h2-4,7H,1H3. The summed E-state index contributed by atoms with van der Waals surface area (Å²) in [5, 5.41) is 8.48. The van der Waals surface area contributed by atoms with Gasteiger partial charge in [-0.3, -0.25) is 0 Å². The van der Waals surface area contributed by atoms with Crippen molar-refractivity contribution in [3.8, 4) is 6.07 Å². The molecule has 0 spiro atoms. The Morgan fingerprint density at radius 2 is 2.31 bits per heavy atom. The molecule has 1 aliphatic carbocycles. The summed E-state index contributed by atoms with van der Waals surface area (Å²) in [4.78, 5) is 0. The molecular weight excluding hydrogens is 176 g/mol. The van der Waals surface area contributed by atoms with Gasteiger partial charge >= 0.3 is 0 Å². The third-order valence-electron chi connectivity index (χ3n) is 1.55. The fourth-order valence-electron chi connectivity index (χ4n) is 0.917. The SMILES string of the molecule is COC1=C(F)C(C#N)=CC(F)C=C1. The van der Waals surface area contributed by atoms with Gasteiger partial charge in [0.25, 0.3) is 0 Å². The first kappa shape index (κ1) is 9.46. The third-order valence-corrected chi connectivity index (χ3v) is 1.55. The van der Waals surface area contributed by atoms with E-state index in [4.69, 9.17) is 5.26 Å². The fourth-order valence-corrected chi connectivity index (χ4v) is 0.917. The minimum atomic E-state index is -1.45. The first-order chi connectivity index (χ1) is 6.19. The summed E-state index contributed by atoms with van der Waals surface area (Å²) in [6.45, 7) is 0. The van der Waals surface area contributed by atoms with E-state index < -0.39 is 12.0 Å². The van der Waals surface area contributed by atoms with Crippen molar-refractivity contribution in [3.63, 3.8) is 0 Å². The number of hydrogen-bond acceptors (Lipinski definition) is 2. The van der Waals surface area contributed by atoms with Crippen molar-refractivity contribution >= 4 is 0 Å². The number of ether oxygens (including phenoxy) is 1. The average molecular weight is 183 g/mol. The maximum Gasteiger partial charge on any atom is 0.182 e. The molecule has 0 N–H and O–H groups in total. The molecule has 0 radical (unpaired) electrons. The number of alkyl halides is 1. The lowest BCUT2D eigenvalue weighted by Crippen LogP contribution is -1.90. The molecule has 0 saturated carbocycles. The van der Waals surface area contributed by atoms with E-state index in [1.165, 1.54) is 13.2 Å². The molecular formula is C9H7F2NO. The van der Waals surface area contributed by atoms with Crippen LogP contribution in [0.5, 0.6) is 0 Å². The minimum Gasteiger partial charge on any atom is -0.494 e.